The van der Waals surface area contributed by atoms with Gasteiger partial charge in [-0.15, -0.1) is 11.8 Å². The number of esters is 1. The Morgan fingerprint density at radius 2 is 1.79 bits per heavy atom. The molecule has 0 spiro atoms. The highest BCUT2D eigenvalue weighted by Gasteiger charge is 2.64. The summed E-state index contributed by atoms with van der Waals surface area (Å²) in [5.41, 5.74) is -0.787. The minimum Gasteiger partial charge on any atom is -0.495 e. The SMILES string of the molecule is CCC(=O)C1CCC(CN2C(=O)CC(SCCC(=O)N(C)[C@@H](C)C(=O)O[C@H]3CC(=O)N(C)c4cc(cc(OC)c4Cl)C/C(C)=C/C=C/[C@@H](C)[C@@]4(O)C[C@H](OC(=O)N4)[C@@H](C)[C@@H]4O[C@]34C)C2=O)CC1. The molecular formula is C49H67ClN4O12S. The number of nitrogens with one attached hydrogen (secondary N) is 1. The number of imide groups is 1. The largest absolute Gasteiger partial charge is 0.495 e. The fraction of sp³-hybridized carbons (Fsp3) is 0.653. The van der Waals surface area contributed by atoms with Gasteiger partial charge in [0.1, 0.15) is 46.1 Å². The maximum absolute atomic E-state index is 14.3. The number of allylic oxidation sites excluding steroid dienone is 3. The van der Waals surface area contributed by atoms with Gasteiger partial charge in [0, 0.05) is 69.8 Å². The number of Topliss-reactive ketones (excluding diaryl/α,β-unsaturated/α-hetero) is 1. The number of thioether (sulfide) groups is 1. The molecule has 5 amide bonds. The lowest BCUT2D eigenvalue weighted by atomic mass is 9.79. The van der Waals surface area contributed by atoms with Crippen LogP contribution >= 0.6 is 23.4 Å². The number of halogens is 1. The van der Waals surface area contributed by atoms with Gasteiger partial charge < -0.3 is 33.9 Å². The van der Waals surface area contributed by atoms with Gasteiger partial charge >= 0.3 is 12.1 Å². The molecule has 2 N–H and O–H groups in total. The number of benzene rings is 1. The van der Waals surface area contributed by atoms with Gasteiger partial charge in [-0.3, -0.25) is 34.2 Å². The number of fused-ring (bicyclic) bond motifs is 5. The van der Waals surface area contributed by atoms with Gasteiger partial charge in [-0.25, -0.2) is 9.59 Å². The number of ketones is 1. The van der Waals surface area contributed by atoms with Crippen LogP contribution in [0.15, 0.2) is 35.9 Å². The van der Waals surface area contributed by atoms with Crippen molar-refractivity contribution in [2.45, 2.75) is 147 Å². The summed E-state index contributed by atoms with van der Waals surface area (Å²) < 4.78 is 23.8. The van der Waals surface area contributed by atoms with Crippen LogP contribution in [0.1, 0.15) is 105 Å². The molecule has 4 heterocycles. The summed E-state index contributed by atoms with van der Waals surface area (Å²) in [6.07, 6.45) is 5.86. The monoisotopic (exact) mass is 970 g/mol. The molecule has 1 saturated carbocycles. The van der Waals surface area contributed by atoms with Crippen molar-refractivity contribution in [2.24, 2.45) is 23.7 Å². The maximum atomic E-state index is 14.3. The predicted molar refractivity (Wildman–Crippen MR) is 252 cm³/mol. The molecule has 5 aliphatic rings. The van der Waals surface area contributed by atoms with Crippen molar-refractivity contribution in [3.05, 3.63) is 46.5 Å². The van der Waals surface area contributed by atoms with Gasteiger partial charge in [0.05, 0.1) is 30.6 Å². The smallest absolute Gasteiger partial charge is 0.409 e. The van der Waals surface area contributed by atoms with Gasteiger partial charge in [-0.05, 0) is 76.5 Å². The topological polar surface area (TPSA) is 202 Å². The zero-order valence-electron chi connectivity index (χ0n) is 40.1. The highest BCUT2D eigenvalue weighted by Crippen LogP contribution is 2.49. The molecule has 16 nitrogen and oxygen atoms in total. The zero-order valence-corrected chi connectivity index (χ0v) is 41.7. The molecule has 1 aromatic carbocycles. The molecule has 3 saturated heterocycles. The third kappa shape index (κ3) is 11.7. The summed E-state index contributed by atoms with van der Waals surface area (Å²) >= 11 is 8.05. The maximum Gasteiger partial charge on any atom is 0.409 e. The molecule has 67 heavy (non-hydrogen) atoms. The first kappa shape index (κ1) is 51.9. The fourth-order valence-electron chi connectivity index (χ4n) is 9.78. The number of carbonyl (C=O) groups excluding carboxylic acids is 7. The Bertz CT molecular complexity index is 2160. The number of methoxy groups -OCH3 is 1. The normalized spacial score (nSPS) is 33.1. The van der Waals surface area contributed by atoms with E-state index in [0.29, 0.717) is 30.8 Å². The average Bonchev–Trinajstić information content (AvgIpc) is 3.92. The van der Waals surface area contributed by atoms with E-state index in [1.807, 2.05) is 32.9 Å². The molecule has 1 aliphatic carbocycles. The number of nitrogens with zero attached hydrogens (tertiary/aromatic N) is 3. The molecule has 4 fully saturated rings. The molecule has 0 aromatic heterocycles. The van der Waals surface area contributed by atoms with Gasteiger partial charge in [-0.1, -0.05) is 56.2 Å². The Balaban J connectivity index is 1.14. The van der Waals surface area contributed by atoms with Crippen molar-refractivity contribution < 1.29 is 57.6 Å². The Morgan fingerprint density at radius 1 is 1.09 bits per heavy atom. The molecule has 1 aromatic rings. The number of hydrogen-bond acceptors (Lipinski definition) is 13. The minimum atomic E-state index is -1.66. The molecule has 9 atom stereocenters. The quantitative estimate of drug-likeness (QED) is 0.137. The number of epoxide rings is 1. The standard InChI is InChI=1S/C49H67ClN4O12S/c1-10-35(55)33-16-14-31(15-17-33)26-54-42(58)23-38(45(54)59)67-19-18-40(56)52(7)30(5)46(60)65-39-24-41(57)53(8)34-21-32(22-36(63-9)43(34)50)20-27(2)12-11-13-28(3)49(62)25-37(64-47(61)51-49)29(4)44-48(39,6)66-44/h11-13,21-22,28-31,33,37-39,44,62H,10,14-20,23-26H2,1-9H3,(H,51,61)/b13-11+,27-12+/t28-,29-,30+,31?,33?,37+,38?,39+,44+,48-,49+/m1/s1. The zero-order chi connectivity index (χ0) is 49.1. The third-order valence-electron chi connectivity index (χ3n) is 14.6. The Hall–Kier alpha value is -4.45. The van der Waals surface area contributed by atoms with Crippen molar-refractivity contribution in [3.8, 4) is 5.75 Å². The van der Waals surface area contributed by atoms with Crippen LogP contribution in [-0.2, 0) is 49.4 Å². The van der Waals surface area contributed by atoms with Crippen LogP contribution < -0.4 is 15.0 Å². The van der Waals surface area contributed by atoms with Crippen LogP contribution in [0.25, 0.3) is 0 Å². The van der Waals surface area contributed by atoms with Crippen molar-refractivity contribution in [2.75, 3.05) is 38.4 Å². The lowest BCUT2D eigenvalue weighted by Gasteiger charge is -2.41. The average molecular weight is 972 g/mol. The van der Waals surface area contributed by atoms with E-state index >= 15 is 0 Å². The van der Waals surface area contributed by atoms with E-state index in [-0.39, 0.29) is 65.9 Å². The summed E-state index contributed by atoms with van der Waals surface area (Å²) in [5.74, 6) is -2.12. The van der Waals surface area contributed by atoms with E-state index in [1.54, 1.807) is 39.1 Å². The van der Waals surface area contributed by atoms with E-state index in [0.717, 1.165) is 36.8 Å². The molecule has 4 bridgehead atoms. The number of ether oxygens (including phenoxy) is 4. The van der Waals surface area contributed by atoms with E-state index in [2.05, 4.69) is 5.32 Å². The second kappa shape index (κ2) is 21.5. The first-order valence-corrected chi connectivity index (χ1v) is 24.8. The number of likely N-dealkylation sites (N-methyl/N-ethyl adjacent to an activating group) is 1. The first-order valence-electron chi connectivity index (χ1n) is 23.4. The number of rotatable bonds is 12. The first-order chi connectivity index (χ1) is 31.6. The lowest BCUT2D eigenvalue weighted by molar-refractivity contribution is -0.162. The Morgan fingerprint density at radius 3 is 2.46 bits per heavy atom. The van der Waals surface area contributed by atoms with Crippen LogP contribution in [0, 0.1) is 23.7 Å². The van der Waals surface area contributed by atoms with Crippen molar-refractivity contribution in [1.29, 1.82) is 0 Å². The Kier molecular flexibility index (Phi) is 16.6. The van der Waals surface area contributed by atoms with Crippen LogP contribution in [-0.4, -0.2) is 131 Å². The Labute approximate surface area is 402 Å². The molecular weight excluding hydrogens is 904 g/mol. The molecule has 6 rings (SSSR count). The van der Waals surface area contributed by atoms with Gasteiger partial charge in [0.15, 0.2) is 0 Å². The van der Waals surface area contributed by atoms with E-state index < -0.39 is 76.6 Å². The van der Waals surface area contributed by atoms with Crippen LogP contribution in [0.5, 0.6) is 5.75 Å². The molecule has 368 valence electrons. The third-order valence-corrected chi connectivity index (χ3v) is 16.2. The highest BCUT2D eigenvalue weighted by atomic mass is 35.5. The number of hydrogen-bond donors (Lipinski definition) is 2. The number of alkyl carbamates (subject to hydrolysis) is 1. The number of likely N-dealkylation sites (tertiary alicyclic amines) is 1. The van der Waals surface area contributed by atoms with E-state index in [9.17, 15) is 38.7 Å². The van der Waals surface area contributed by atoms with Crippen LogP contribution in [0.2, 0.25) is 5.02 Å². The van der Waals surface area contributed by atoms with Crippen LogP contribution in [0.3, 0.4) is 0 Å². The number of amides is 5. The summed E-state index contributed by atoms with van der Waals surface area (Å²) in [6.45, 7) is 11.0. The van der Waals surface area contributed by atoms with Crippen molar-refractivity contribution in [3.63, 3.8) is 0 Å². The predicted octanol–water partition coefficient (Wildman–Crippen LogP) is 6.17. The molecule has 1 unspecified atom stereocenters. The van der Waals surface area contributed by atoms with Crippen LogP contribution in [0.4, 0.5) is 10.5 Å². The fourth-order valence-corrected chi connectivity index (χ4v) is 11.2. The minimum absolute atomic E-state index is 0.0202. The van der Waals surface area contributed by atoms with E-state index in [4.69, 9.17) is 30.5 Å². The van der Waals surface area contributed by atoms with Crippen molar-refractivity contribution in [1.82, 2.24) is 15.1 Å². The van der Waals surface area contributed by atoms with Gasteiger partial charge in [0.25, 0.3) is 0 Å². The summed E-state index contributed by atoms with van der Waals surface area (Å²) in [7, 11) is 4.52. The molecule has 0 radical (unpaired) electrons. The number of carbonyl (C=O) groups is 7. The van der Waals surface area contributed by atoms with Crippen molar-refractivity contribution >= 4 is 70.5 Å². The van der Waals surface area contributed by atoms with E-state index in [1.165, 1.54) is 47.5 Å². The second-order valence-electron chi connectivity index (χ2n) is 19.2. The summed E-state index contributed by atoms with van der Waals surface area (Å²) in [6, 6.07) is 2.48. The highest BCUT2D eigenvalue weighted by molar-refractivity contribution is 8.00. The molecule has 18 heteroatoms. The lowest BCUT2D eigenvalue weighted by Crippen LogP contribution is -2.60. The number of aliphatic hydroxyl groups is 1. The number of anilines is 1. The van der Waals surface area contributed by atoms with Gasteiger partial charge in [-0.2, -0.15) is 0 Å². The summed E-state index contributed by atoms with van der Waals surface area (Å²) in [5, 5.41) is 14.0. The summed E-state index contributed by atoms with van der Waals surface area (Å²) in [4.78, 5) is 97.2. The second-order valence-corrected chi connectivity index (χ2v) is 20.9. The molecule has 4 aliphatic heterocycles. The van der Waals surface area contributed by atoms with Gasteiger partial charge in [0.2, 0.25) is 23.6 Å².